The van der Waals surface area contributed by atoms with Crippen molar-refractivity contribution in [2.75, 3.05) is 0 Å². The van der Waals surface area contributed by atoms with E-state index in [0.29, 0.717) is 23.4 Å². The molecule has 4 nitrogen and oxygen atoms in total. The lowest BCUT2D eigenvalue weighted by Gasteiger charge is -2.13. The first kappa shape index (κ1) is 12.8. The largest absolute Gasteiger partial charge is 0.382 e. The van der Waals surface area contributed by atoms with Gasteiger partial charge in [-0.2, -0.15) is 10.4 Å². The number of benzene rings is 1. The number of aliphatic hydroxyl groups excluding tert-OH is 1. The maximum Gasteiger partial charge on any atom is 0.122 e. The molecule has 1 aromatic carbocycles. The van der Waals surface area contributed by atoms with Crippen molar-refractivity contribution in [1.29, 1.82) is 5.26 Å². The Balaban J connectivity index is 2.44. The number of nitrogens with zero attached hydrogens (tertiary/aromatic N) is 3. The lowest BCUT2D eigenvalue weighted by molar-refractivity contribution is 0.207. The van der Waals surface area contributed by atoms with Gasteiger partial charge in [0.25, 0.3) is 0 Å². The van der Waals surface area contributed by atoms with Crippen LogP contribution >= 0.6 is 15.9 Å². The smallest absolute Gasteiger partial charge is 0.122 e. The van der Waals surface area contributed by atoms with Crippen LogP contribution in [-0.4, -0.2) is 14.9 Å². The second-order valence-corrected chi connectivity index (χ2v) is 4.69. The molecule has 0 radical (unpaired) electrons. The molecular weight excluding hydrogens is 294 g/mol. The highest BCUT2D eigenvalue weighted by atomic mass is 79.9. The van der Waals surface area contributed by atoms with Gasteiger partial charge in [-0.05, 0) is 40.5 Å². The molecule has 1 unspecified atom stereocenters. The zero-order valence-electron chi connectivity index (χ0n) is 9.84. The van der Waals surface area contributed by atoms with E-state index in [-0.39, 0.29) is 0 Å². The number of aryl methyl sites for hydroxylation is 1. The summed E-state index contributed by atoms with van der Waals surface area (Å²) in [6.07, 6.45) is 0.867. The third-order valence-electron chi connectivity index (χ3n) is 2.72. The molecule has 0 spiro atoms. The molecule has 18 heavy (non-hydrogen) atoms. The summed E-state index contributed by atoms with van der Waals surface area (Å²) in [6, 6.07) is 9.02. The summed E-state index contributed by atoms with van der Waals surface area (Å²) in [5, 5.41) is 23.4. The third kappa shape index (κ3) is 2.30. The number of rotatable bonds is 3. The lowest BCUT2D eigenvalue weighted by atomic mass is 10.0. The van der Waals surface area contributed by atoms with Crippen molar-refractivity contribution in [2.45, 2.75) is 19.6 Å². The van der Waals surface area contributed by atoms with Gasteiger partial charge in [-0.1, -0.05) is 12.1 Å². The molecule has 0 amide bonds. The number of halogens is 1. The van der Waals surface area contributed by atoms with Crippen LogP contribution in [0.1, 0.15) is 29.8 Å². The summed E-state index contributed by atoms with van der Waals surface area (Å²) < 4.78 is 2.49. The number of nitriles is 1. The molecule has 0 saturated heterocycles. The van der Waals surface area contributed by atoms with Crippen molar-refractivity contribution in [3.63, 3.8) is 0 Å². The molecule has 2 rings (SSSR count). The van der Waals surface area contributed by atoms with Gasteiger partial charge >= 0.3 is 0 Å². The van der Waals surface area contributed by atoms with Crippen LogP contribution in [0.2, 0.25) is 0 Å². The fraction of sp³-hybridized carbons (Fsp3) is 0.231. The van der Waals surface area contributed by atoms with Gasteiger partial charge in [0.2, 0.25) is 0 Å². The molecule has 92 valence electrons. The van der Waals surface area contributed by atoms with E-state index in [0.717, 1.165) is 4.47 Å². The molecule has 0 fully saturated rings. The molecule has 0 bridgehead atoms. The number of hydrogen-bond donors (Lipinski definition) is 1. The first-order valence-electron chi connectivity index (χ1n) is 5.56. The maximum atomic E-state index is 10.4. The normalized spacial score (nSPS) is 12.1. The molecule has 1 atom stereocenters. The van der Waals surface area contributed by atoms with E-state index in [9.17, 15) is 5.11 Å². The van der Waals surface area contributed by atoms with Crippen LogP contribution in [0.5, 0.6) is 0 Å². The van der Waals surface area contributed by atoms with Gasteiger partial charge in [0.15, 0.2) is 0 Å². The zero-order valence-corrected chi connectivity index (χ0v) is 11.4. The van der Waals surface area contributed by atoms with Crippen LogP contribution in [0, 0.1) is 11.3 Å². The molecule has 1 N–H and O–H groups in total. The number of aromatic nitrogens is 2. The molecule has 1 heterocycles. The van der Waals surface area contributed by atoms with Crippen molar-refractivity contribution in [3.05, 3.63) is 51.8 Å². The van der Waals surface area contributed by atoms with Crippen molar-refractivity contribution >= 4 is 15.9 Å². The van der Waals surface area contributed by atoms with Crippen molar-refractivity contribution < 1.29 is 5.11 Å². The van der Waals surface area contributed by atoms with Crippen molar-refractivity contribution in [1.82, 2.24) is 9.78 Å². The number of aliphatic hydroxyl groups is 1. The first-order chi connectivity index (χ1) is 8.67. The summed E-state index contributed by atoms with van der Waals surface area (Å²) >= 11 is 3.38. The average molecular weight is 306 g/mol. The van der Waals surface area contributed by atoms with E-state index in [1.165, 1.54) is 0 Å². The molecule has 2 aromatic rings. The van der Waals surface area contributed by atoms with E-state index in [1.54, 1.807) is 35.1 Å². The maximum absolute atomic E-state index is 10.4. The minimum Gasteiger partial charge on any atom is -0.382 e. The Bertz CT molecular complexity index is 601. The molecule has 0 aliphatic heterocycles. The van der Waals surface area contributed by atoms with E-state index in [1.807, 2.05) is 6.92 Å². The van der Waals surface area contributed by atoms with Crippen LogP contribution < -0.4 is 0 Å². The van der Waals surface area contributed by atoms with Gasteiger partial charge in [-0.15, -0.1) is 0 Å². The molecular formula is C13H12BrN3O. The van der Waals surface area contributed by atoms with Gasteiger partial charge in [0.05, 0.1) is 28.0 Å². The minimum atomic E-state index is -0.796. The molecule has 1 aromatic heterocycles. The second-order valence-electron chi connectivity index (χ2n) is 3.83. The van der Waals surface area contributed by atoms with Gasteiger partial charge in [0, 0.05) is 6.54 Å². The van der Waals surface area contributed by atoms with E-state index in [4.69, 9.17) is 5.26 Å². The van der Waals surface area contributed by atoms with Gasteiger partial charge in [0.1, 0.15) is 6.10 Å². The Morgan fingerprint density at radius 2 is 2.33 bits per heavy atom. The second kappa shape index (κ2) is 5.34. The highest BCUT2D eigenvalue weighted by Crippen LogP contribution is 2.28. The summed E-state index contributed by atoms with van der Waals surface area (Å²) in [4.78, 5) is 0. The summed E-state index contributed by atoms with van der Waals surface area (Å²) in [5.41, 5.74) is 1.92. The fourth-order valence-corrected chi connectivity index (χ4v) is 2.35. The van der Waals surface area contributed by atoms with Gasteiger partial charge in [-0.3, -0.25) is 4.68 Å². The number of hydrogen-bond acceptors (Lipinski definition) is 3. The predicted octanol–water partition coefficient (Wildman–Crippen LogP) is 2.62. The Labute approximate surface area is 114 Å². The van der Waals surface area contributed by atoms with Gasteiger partial charge in [-0.25, -0.2) is 0 Å². The molecule has 0 saturated carbocycles. The minimum absolute atomic E-state index is 0.533. The Hall–Kier alpha value is -1.64. The third-order valence-corrected chi connectivity index (χ3v) is 3.33. The van der Waals surface area contributed by atoms with E-state index in [2.05, 4.69) is 27.1 Å². The van der Waals surface area contributed by atoms with Crippen LogP contribution in [0.3, 0.4) is 0 Å². The molecule has 0 aliphatic carbocycles. The lowest BCUT2D eigenvalue weighted by Crippen LogP contribution is -2.09. The summed E-state index contributed by atoms with van der Waals surface area (Å²) in [7, 11) is 0. The Morgan fingerprint density at radius 3 is 3.00 bits per heavy atom. The van der Waals surface area contributed by atoms with Crippen LogP contribution in [-0.2, 0) is 6.54 Å². The Morgan fingerprint density at radius 1 is 1.56 bits per heavy atom. The monoisotopic (exact) mass is 305 g/mol. The zero-order chi connectivity index (χ0) is 13.1. The van der Waals surface area contributed by atoms with Crippen LogP contribution in [0.4, 0.5) is 0 Å². The Kier molecular flexibility index (Phi) is 3.80. The van der Waals surface area contributed by atoms with Gasteiger partial charge < -0.3 is 5.11 Å². The first-order valence-corrected chi connectivity index (χ1v) is 6.36. The summed E-state index contributed by atoms with van der Waals surface area (Å²) in [6.45, 7) is 2.64. The van der Waals surface area contributed by atoms with Crippen molar-refractivity contribution in [2.24, 2.45) is 0 Å². The average Bonchev–Trinajstić information content (AvgIpc) is 2.79. The van der Waals surface area contributed by atoms with E-state index >= 15 is 0 Å². The molecule has 0 aliphatic rings. The van der Waals surface area contributed by atoms with Crippen LogP contribution in [0.15, 0.2) is 34.9 Å². The van der Waals surface area contributed by atoms with Crippen molar-refractivity contribution in [3.8, 4) is 6.07 Å². The molecule has 5 heteroatoms. The topological polar surface area (TPSA) is 61.8 Å². The summed E-state index contributed by atoms with van der Waals surface area (Å²) in [5.74, 6) is 0. The fourth-order valence-electron chi connectivity index (χ4n) is 1.83. The predicted molar refractivity (Wildman–Crippen MR) is 70.8 cm³/mol. The van der Waals surface area contributed by atoms with E-state index < -0.39 is 6.10 Å². The highest BCUT2D eigenvalue weighted by molar-refractivity contribution is 9.10. The highest BCUT2D eigenvalue weighted by Gasteiger charge is 2.19. The quantitative estimate of drug-likeness (QED) is 0.948. The standard InChI is InChI=1S/C13H12BrN3O/c1-2-17-12(11(14)8-16-17)13(18)10-5-3-4-9(6-10)7-15/h3-6,8,13,18H,2H2,1H3. The van der Waals surface area contributed by atoms with Crippen LogP contribution in [0.25, 0.3) is 0 Å². The SMILES string of the molecule is CCn1ncc(Br)c1C(O)c1cccc(C#N)c1.